The first-order chi connectivity index (χ1) is 15.7. The van der Waals surface area contributed by atoms with Gasteiger partial charge in [-0.1, -0.05) is 0 Å². The van der Waals surface area contributed by atoms with Crippen molar-refractivity contribution in [2.75, 3.05) is 13.7 Å². The predicted molar refractivity (Wildman–Crippen MR) is 149 cm³/mol. The summed E-state index contributed by atoms with van der Waals surface area (Å²) in [6, 6.07) is 9.17. The summed E-state index contributed by atoms with van der Waals surface area (Å²) in [7, 11) is 0.449. The third-order valence-electron chi connectivity index (χ3n) is 6.35. The zero-order valence-electron chi connectivity index (χ0n) is 22.4. The van der Waals surface area contributed by atoms with Gasteiger partial charge in [-0.3, -0.25) is 0 Å². The first-order valence-electron chi connectivity index (χ1n) is 13.0. The van der Waals surface area contributed by atoms with Crippen LogP contribution in [0.4, 0.5) is 4.79 Å². The average Bonchev–Trinajstić information content (AvgIpc) is 2.78. The Bertz CT molecular complexity index is 691. The minimum absolute atomic E-state index is 0.265. The molecule has 0 aliphatic heterocycles. The second-order valence-corrected chi connectivity index (χ2v) is 29.2. The molecule has 6 heteroatoms. The molecule has 4 nitrogen and oxygen atoms in total. The molecule has 0 saturated heterocycles. The molecule has 1 N–H and O–H groups in total. The van der Waals surface area contributed by atoms with Crippen LogP contribution >= 0.6 is 0 Å². The van der Waals surface area contributed by atoms with Gasteiger partial charge in [-0.15, -0.1) is 0 Å². The Morgan fingerprint density at radius 3 is 1.88 bits per heavy atom. The molecule has 0 aromatic heterocycles. The molecule has 0 heterocycles. The predicted octanol–water partition coefficient (Wildman–Crippen LogP) is 8.49. The molecule has 0 aliphatic rings. The van der Waals surface area contributed by atoms with Crippen LogP contribution in [0.15, 0.2) is 28.0 Å². The fraction of sp³-hybridized carbons (Fsp3) is 0.667. The number of carbonyl (C=O) groups is 1. The summed E-state index contributed by atoms with van der Waals surface area (Å²) in [6.45, 7) is 14.3. The van der Waals surface area contributed by atoms with Crippen molar-refractivity contribution in [2.24, 2.45) is 0 Å². The van der Waals surface area contributed by atoms with Gasteiger partial charge in [-0.05, 0) is 0 Å². The normalized spacial score (nSPS) is 12.5. The number of alkyl carbamates (subject to hydrolysis) is 1. The van der Waals surface area contributed by atoms with E-state index in [9.17, 15) is 4.79 Å². The van der Waals surface area contributed by atoms with Gasteiger partial charge in [0, 0.05) is 0 Å². The van der Waals surface area contributed by atoms with E-state index in [1.807, 2.05) is 12.1 Å². The Labute approximate surface area is 208 Å². The molecule has 0 radical (unpaired) electrons. The summed E-state index contributed by atoms with van der Waals surface area (Å²) < 4.78 is 16.1. The molecule has 188 valence electrons. The van der Waals surface area contributed by atoms with Crippen molar-refractivity contribution in [3.8, 4) is 5.75 Å². The Balaban J connectivity index is 3.32. The van der Waals surface area contributed by atoms with Crippen LogP contribution in [0.25, 0.3) is 6.08 Å². The van der Waals surface area contributed by atoms with Gasteiger partial charge in [-0.25, -0.2) is 0 Å². The van der Waals surface area contributed by atoms with Crippen LogP contribution in [-0.2, 0) is 4.74 Å². The molecular formula is C27H49NO3SiSn. The van der Waals surface area contributed by atoms with Crippen LogP contribution in [-0.4, -0.2) is 46.3 Å². The number of hydrogen-bond donors (Lipinski definition) is 1. The van der Waals surface area contributed by atoms with Crippen molar-refractivity contribution < 1.29 is 14.3 Å². The van der Waals surface area contributed by atoms with Gasteiger partial charge in [0.2, 0.25) is 0 Å². The number of unbranched alkanes of at least 4 members (excludes halogenated alkanes) is 3. The topological polar surface area (TPSA) is 47.6 Å². The summed E-state index contributed by atoms with van der Waals surface area (Å²) in [5.74, 6) is 0.852. The van der Waals surface area contributed by atoms with Gasteiger partial charge < -0.3 is 0 Å². The summed E-state index contributed by atoms with van der Waals surface area (Å²) in [4.78, 5) is 13.0. The first kappa shape index (κ1) is 30.1. The molecule has 33 heavy (non-hydrogen) atoms. The molecular weight excluding hydrogens is 533 g/mol. The van der Waals surface area contributed by atoms with E-state index >= 15 is 0 Å². The third kappa shape index (κ3) is 11.8. The molecule has 0 atom stereocenters. The standard InChI is InChI=1S/C15H22NO3Si.3C4H9.Sn/c1-18-14-7-5-13(6-8-14)9-10-16-15(17)19-11-12-20(2,3)4;3*1-3-4-2;/h5-9H,11-12H2,1-4H3,(H,16,17);3*1,3-4H2,2H3;. The second-order valence-electron chi connectivity index (χ2n) is 10.5. The number of benzene rings is 1. The molecule has 0 fully saturated rings. The van der Waals surface area contributed by atoms with Gasteiger partial charge in [0.15, 0.2) is 0 Å². The molecule has 0 bridgehead atoms. The van der Waals surface area contributed by atoms with Gasteiger partial charge in [0.25, 0.3) is 0 Å². The summed E-state index contributed by atoms with van der Waals surface area (Å²) >= 11 is -2.86. The van der Waals surface area contributed by atoms with Crippen molar-refractivity contribution in [3.63, 3.8) is 0 Å². The van der Waals surface area contributed by atoms with E-state index < -0.39 is 26.5 Å². The van der Waals surface area contributed by atoms with E-state index in [1.165, 1.54) is 55.5 Å². The quantitative estimate of drug-likeness (QED) is 0.199. The van der Waals surface area contributed by atoms with E-state index in [2.05, 4.69) is 63.9 Å². The fourth-order valence-electron chi connectivity index (χ4n) is 4.11. The first-order valence-corrected chi connectivity index (χ1v) is 24.2. The minimum atomic E-state index is -2.86. The Morgan fingerprint density at radius 1 is 0.939 bits per heavy atom. The van der Waals surface area contributed by atoms with Crippen molar-refractivity contribution in [3.05, 3.63) is 33.5 Å². The van der Waals surface area contributed by atoms with Crippen molar-refractivity contribution >= 4 is 38.6 Å². The maximum absolute atomic E-state index is 13.0. The molecule has 1 aromatic carbocycles. The molecule has 0 unspecified atom stereocenters. The number of ether oxygens (including phenoxy) is 2. The third-order valence-corrected chi connectivity index (χ3v) is 23.3. The van der Waals surface area contributed by atoms with Crippen molar-refractivity contribution in [2.45, 2.75) is 98.3 Å². The Kier molecular flexibility index (Phi) is 14.4. The fourth-order valence-corrected chi connectivity index (χ4v) is 20.5. The van der Waals surface area contributed by atoms with Gasteiger partial charge in [0.1, 0.15) is 0 Å². The van der Waals surface area contributed by atoms with Crippen LogP contribution in [0, 0.1) is 0 Å². The van der Waals surface area contributed by atoms with Crippen LogP contribution in [0.5, 0.6) is 5.75 Å². The molecule has 1 amide bonds. The Morgan fingerprint density at radius 2 is 1.45 bits per heavy atom. The van der Waals surface area contributed by atoms with E-state index in [0.717, 1.165) is 17.4 Å². The molecule has 1 aromatic rings. The zero-order chi connectivity index (χ0) is 24.7. The second kappa shape index (κ2) is 15.9. The number of hydrogen-bond acceptors (Lipinski definition) is 3. The van der Waals surface area contributed by atoms with Gasteiger partial charge in [0.05, 0.1) is 0 Å². The zero-order valence-corrected chi connectivity index (χ0v) is 26.2. The van der Waals surface area contributed by atoms with E-state index in [-0.39, 0.29) is 6.09 Å². The van der Waals surface area contributed by atoms with Crippen molar-refractivity contribution in [1.29, 1.82) is 0 Å². The van der Waals surface area contributed by atoms with Crippen LogP contribution < -0.4 is 10.1 Å². The number of carbonyl (C=O) groups excluding carboxylic acids is 1. The summed E-state index contributed by atoms with van der Waals surface area (Å²) in [5, 5.41) is 3.33. The number of nitrogens with one attached hydrogen (secondary N) is 1. The van der Waals surface area contributed by atoms with E-state index in [0.29, 0.717) is 6.61 Å². The number of methoxy groups -OCH3 is 1. The van der Waals surface area contributed by atoms with Gasteiger partial charge >= 0.3 is 210 Å². The Hall–Kier alpha value is -0.954. The van der Waals surface area contributed by atoms with Crippen LogP contribution in [0.1, 0.15) is 64.9 Å². The monoisotopic (exact) mass is 583 g/mol. The SMILES string of the molecule is CCC[CH2][Sn]([CH2]CCC)([CH2]CCC)/[C](=C\c1ccc(OC)cc1)NC(=O)OCC[Si](C)(C)C. The van der Waals surface area contributed by atoms with E-state index in [4.69, 9.17) is 9.47 Å². The maximum atomic E-state index is 13.0. The summed E-state index contributed by atoms with van der Waals surface area (Å²) in [6.07, 6.45) is 9.34. The molecule has 0 aliphatic carbocycles. The van der Waals surface area contributed by atoms with E-state index in [1.54, 1.807) is 7.11 Å². The van der Waals surface area contributed by atoms with Gasteiger partial charge in [-0.2, -0.15) is 0 Å². The molecule has 1 rings (SSSR count). The molecule has 0 saturated carbocycles. The number of rotatable bonds is 16. The molecule has 0 spiro atoms. The number of amides is 1. The van der Waals surface area contributed by atoms with Crippen LogP contribution in [0.2, 0.25) is 39.0 Å². The summed E-state index contributed by atoms with van der Waals surface area (Å²) in [5.41, 5.74) is 1.12. The van der Waals surface area contributed by atoms with Crippen LogP contribution in [0.3, 0.4) is 0 Å². The van der Waals surface area contributed by atoms with Crippen molar-refractivity contribution in [1.82, 2.24) is 5.32 Å². The average molecular weight is 582 g/mol.